The fourth-order valence-electron chi connectivity index (χ4n) is 4.42. The smallest absolute Gasteiger partial charge is 0.338 e. The minimum Gasteiger partial charge on any atom is -0.496 e. The van der Waals surface area contributed by atoms with Crippen molar-refractivity contribution in [2.45, 2.75) is 19.9 Å². The third-order valence-electron chi connectivity index (χ3n) is 6.09. The maximum atomic E-state index is 13.8. The third kappa shape index (κ3) is 4.90. The molecule has 0 aliphatic carbocycles. The third-order valence-corrected chi connectivity index (χ3v) is 7.07. The Kier molecular flexibility index (Phi) is 7.24. The van der Waals surface area contributed by atoms with Crippen LogP contribution >= 0.6 is 11.3 Å². The van der Waals surface area contributed by atoms with Crippen molar-refractivity contribution in [3.05, 3.63) is 121 Å². The van der Waals surface area contributed by atoms with Gasteiger partial charge in [-0.1, -0.05) is 59.9 Å². The molecule has 0 spiro atoms. The van der Waals surface area contributed by atoms with Gasteiger partial charge in [0.2, 0.25) is 0 Å². The van der Waals surface area contributed by atoms with Gasteiger partial charge >= 0.3 is 5.97 Å². The topological polar surface area (TPSA) is 79.1 Å². The van der Waals surface area contributed by atoms with Crippen molar-refractivity contribution in [1.29, 1.82) is 0 Å². The van der Waals surface area contributed by atoms with Crippen LogP contribution < -0.4 is 24.4 Å². The first-order valence-electron chi connectivity index (χ1n) is 12.2. The summed E-state index contributed by atoms with van der Waals surface area (Å²) in [5.41, 5.74) is 2.05. The first-order valence-corrected chi connectivity index (χ1v) is 13.0. The molecule has 1 aromatic heterocycles. The molecule has 0 radical (unpaired) electrons. The summed E-state index contributed by atoms with van der Waals surface area (Å²) < 4.78 is 19.0. The Balaban J connectivity index is 1.64. The molecule has 1 aliphatic heterocycles. The number of esters is 1. The minimum absolute atomic E-state index is 0.208. The van der Waals surface area contributed by atoms with E-state index in [9.17, 15) is 9.59 Å². The number of carbonyl (C=O) groups is 1. The van der Waals surface area contributed by atoms with Gasteiger partial charge < -0.3 is 14.2 Å². The van der Waals surface area contributed by atoms with Gasteiger partial charge in [0.05, 0.1) is 29.5 Å². The van der Waals surface area contributed by atoms with E-state index in [1.165, 1.54) is 11.3 Å². The summed E-state index contributed by atoms with van der Waals surface area (Å²) in [7, 11) is 1.56. The summed E-state index contributed by atoms with van der Waals surface area (Å²) in [5.74, 6) is 1.44. The van der Waals surface area contributed by atoms with E-state index in [2.05, 4.69) is 4.99 Å². The molecular formula is C30H26N2O5S. The highest BCUT2D eigenvalue weighted by Gasteiger charge is 2.34. The van der Waals surface area contributed by atoms with Gasteiger partial charge in [-0.25, -0.2) is 9.79 Å². The van der Waals surface area contributed by atoms with Crippen LogP contribution in [-0.2, 0) is 9.53 Å². The largest absolute Gasteiger partial charge is 0.496 e. The predicted octanol–water partition coefficient (Wildman–Crippen LogP) is 4.60. The van der Waals surface area contributed by atoms with Crippen molar-refractivity contribution in [1.82, 2.24) is 4.57 Å². The van der Waals surface area contributed by atoms with Crippen LogP contribution in [0.4, 0.5) is 0 Å². The van der Waals surface area contributed by atoms with E-state index >= 15 is 0 Å². The maximum Gasteiger partial charge on any atom is 0.338 e. The highest BCUT2D eigenvalue weighted by molar-refractivity contribution is 7.07. The molecule has 7 nitrogen and oxygen atoms in total. The van der Waals surface area contributed by atoms with E-state index in [4.69, 9.17) is 14.2 Å². The first kappa shape index (κ1) is 25.2. The number of aromatic nitrogens is 1. The predicted molar refractivity (Wildman–Crippen MR) is 146 cm³/mol. The summed E-state index contributed by atoms with van der Waals surface area (Å²) in [6.07, 6.45) is 1.81. The Morgan fingerprint density at radius 1 is 1.03 bits per heavy atom. The molecule has 3 aromatic carbocycles. The van der Waals surface area contributed by atoms with Gasteiger partial charge in [-0.2, -0.15) is 0 Å². The number of rotatable bonds is 7. The highest BCUT2D eigenvalue weighted by Crippen LogP contribution is 2.35. The van der Waals surface area contributed by atoms with Gasteiger partial charge in [0.15, 0.2) is 4.80 Å². The van der Waals surface area contributed by atoms with Gasteiger partial charge in [0, 0.05) is 5.56 Å². The van der Waals surface area contributed by atoms with E-state index in [0.29, 0.717) is 37.7 Å². The number of para-hydroxylation sites is 2. The Morgan fingerprint density at radius 3 is 2.53 bits per heavy atom. The number of carbonyl (C=O) groups excluding carboxylic acids is 1. The lowest BCUT2D eigenvalue weighted by molar-refractivity contribution is -0.139. The number of nitrogens with zero attached hydrogens (tertiary/aromatic N) is 2. The Bertz CT molecular complexity index is 1700. The molecule has 0 amide bonds. The summed E-state index contributed by atoms with van der Waals surface area (Å²) in [6, 6.07) is 23.6. The molecule has 1 atom stereocenters. The van der Waals surface area contributed by atoms with Gasteiger partial charge in [-0.15, -0.1) is 0 Å². The van der Waals surface area contributed by atoms with E-state index in [0.717, 1.165) is 11.3 Å². The van der Waals surface area contributed by atoms with Gasteiger partial charge in [-0.3, -0.25) is 9.36 Å². The molecule has 8 heteroatoms. The average Bonchev–Trinajstić information content (AvgIpc) is 3.22. The molecule has 192 valence electrons. The zero-order chi connectivity index (χ0) is 26.6. The number of allylic oxidation sites excluding steroid dienone is 1. The van der Waals surface area contributed by atoms with Gasteiger partial charge in [0.1, 0.15) is 23.3 Å². The van der Waals surface area contributed by atoms with Crippen molar-refractivity contribution in [3.8, 4) is 17.2 Å². The Morgan fingerprint density at radius 2 is 1.76 bits per heavy atom. The fourth-order valence-corrected chi connectivity index (χ4v) is 5.47. The van der Waals surface area contributed by atoms with E-state index in [1.807, 2.05) is 84.9 Å². The quantitative estimate of drug-likeness (QED) is 0.329. The lowest BCUT2D eigenvalue weighted by Crippen LogP contribution is -2.40. The Labute approximate surface area is 223 Å². The van der Waals surface area contributed by atoms with Crippen LogP contribution in [-0.4, -0.2) is 24.3 Å². The number of ether oxygens (including phenoxy) is 3. The maximum absolute atomic E-state index is 13.8. The van der Waals surface area contributed by atoms with E-state index < -0.39 is 12.0 Å². The van der Waals surface area contributed by atoms with Crippen LogP contribution in [0.25, 0.3) is 6.08 Å². The standard InChI is InChI=1S/C30H26N2O5S/c1-4-36-29(34)26-19(2)31-30-32(27(26)23-15-8-9-16-24(23)35-3)28(33)25(38-30)18-20-11-10-14-22(17-20)37-21-12-6-5-7-13-21/h5-18,27H,4H2,1-3H3. The number of fused-ring (bicyclic) bond motifs is 1. The highest BCUT2D eigenvalue weighted by atomic mass is 32.1. The number of hydrogen-bond donors (Lipinski definition) is 0. The summed E-state index contributed by atoms with van der Waals surface area (Å²) in [5, 5.41) is 0. The summed E-state index contributed by atoms with van der Waals surface area (Å²) in [6.45, 7) is 3.72. The molecule has 0 N–H and O–H groups in total. The lowest BCUT2D eigenvalue weighted by Gasteiger charge is -2.25. The molecular weight excluding hydrogens is 500 g/mol. The van der Waals surface area contributed by atoms with E-state index in [1.54, 1.807) is 25.5 Å². The summed E-state index contributed by atoms with van der Waals surface area (Å²) in [4.78, 5) is 32.1. The molecule has 0 saturated heterocycles. The number of thiazole rings is 1. The van der Waals surface area contributed by atoms with Crippen LogP contribution in [0, 0.1) is 0 Å². The second-order valence-electron chi connectivity index (χ2n) is 8.53. The van der Waals surface area contributed by atoms with Crippen molar-refractivity contribution >= 4 is 23.4 Å². The zero-order valence-electron chi connectivity index (χ0n) is 21.2. The fraction of sp³-hybridized carbons (Fsp3) is 0.167. The molecule has 1 unspecified atom stereocenters. The van der Waals surface area contributed by atoms with Crippen LogP contribution in [0.2, 0.25) is 0 Å². The molecule has 5 rings (SSSR count). The second kappa shape index (κ2) is 10.9. The SMILES string of the molecule is CCOC(=O)C1=C(C)N=c2sc(=Cc3cccc(Oc4ccccc4)c3)c(=O)n2C1c1ccccc1OC. The molecule has 0 saturated carbocycles. The van der Waals surface area contributed by atoms with E-state index in [-0.39, 0.29) is 12.2 Å². The molecule has 0 fully saturated rings. The number of benzene rings is 3. The average molecular weight is 527 g/mol. The molecule has 0 bridgehead atoms. The summed E-state index contributed by atoms with van der Waals surface area (Å²) >= 11 is 1.27. The lowest BCUT2D eigenvalue weighted by atomic mass is 9.95. The van der Waals surface area contributed by atoms with Crippen LogP contribution in [0.1, 0.15) is 31.0 Å². The monoisotopic (exact) mass is 526 g/mol. The Hall–Kier alpha value is -4.43. The van der Waals surface area contributed by atoms with Crippen molar-refractivity contribution < 1.29 is 19.0 Å². The van der Waals surface area contributed by atoms with Crippen molar-refractivity contribution in [3.63, 3.8) is 0 Å². The van der Waals surface area contributed by atoms with Gasteiger partial charge in [0.25, 0.3) is 5.56 Å². The first-order chi connectivity index (χ1) is 18.5. The van der Waals surface area contributed by atoms with Crippen LogP contribution in [0.15, 0.2) is 99.9 Å². The molecule has 1 aliphatic rings. The van der Waals surface area contributed by atoms with Crippen molar-refractivity contribution in [2.75, 3.05) is 13.7 Å². The van der Waals surface area contributed by atoms with Gasteiger partial charge in [-0.05, 0) is 55.8 Å². The number of methoxy groups -OCH3 is 1. The van der Waals surface area contributed by atoms with Crippen LogP contribution in [0.5, 0.6) is 17.2 Å². The van der Waals surface area contributed by atoms with Crippen molar-refractivity contribution in [2.24, 2.45) is 4.99 Å². The normalized spacial score (nSPS) is 15.0. The minimum atomic E-state index is -0.739. The number of hydrogen-bond acceptors (Lipinski definition) is 7. The second-order valence-corrected chi connectivity index (χ2v) is 9.54. The zero-order valence-corrected chi connectivity index (χ0v) is 22.0. The molecule has 4 aromatic rings. The molecule has 2 heterocycles. The molecule has 38 heavy (non-hydrogen) atoms. The van der Waals surface area contributed by atoms with Crippen LogP contribution in [0.3, 0.4) is 0 Å².